The molecule has 0 saturated carbocycles. The van der Waals surface area contributed by atoms with Gasteiger partial charge in [0.05, 0.1) is 13.2 Å². The standard InChI is InChI=1S/2C8H11NO.H2O4S/c2*10-7-6-9-8-4-2-1-3-5-8;1-5(2,3)4/h2*1-5,9-10H,6-7H2;(H2,1,2,3,4). The molecular weight excluding hydrogens is 348 g/mol. The molecule has 0 aliphatic heterocycles. The van der Waals surface area contributed by atoms with E-state index in [0.29, 0.717) is 13.1 Å². The Bertz CT molecular complexity index is 587. The predicted octanol–water partition coefficient (Wildman–Crippen LogP) is 1.53. The lowest BCUT2D eigenvalue weighted by Crippen LogP contribution is -2.04. The van der Waals surface area contributed by atoms with Gasteiger partial charge in [0.25, 0.3) is 0 Å². The van der Waals surface area contributed by atoms with Crippen molar-refractivity contribution in [3.63, 3.8) is 0 Å². The van der Waals surface area contributed by atoms with E-state index >= 15 is 0 Å². The van der Waals surface area contributed by atoms with Crippen LogP contribution in [0.1, 0.15) is 0 Å². The van der Waals surface area contributed by atoms with Crippen LogP contribution in [0.15, 0.2) is 60.7 Å². The van der Waals surface area contributed by atoms with Gasteiger partial charge in [0, 0.05) is 24.5 Å². The monoisotopic (exact) mass is 372 g/mol. The summed E-state index contributed by atoms with van der Waals surface area (Å²) in [6.45, 7) is 1.58. The summed E-state index contributed by atoms with van der Waals surface area (Å²) in [4.78, 5) is 0. The van der Waals surface area contributed by atoms with E-state index in [4.69, 9.17) is 27.7 Å². The molecule has 0 atom stereocenters. The minimum atomic E-state index is -4.67. The fourth-order valence-electron chi connectivity index (χ4n) is 1.51. The highest BCUT2D eigenvalue weighted by molar-refractivity contribution is 7.79. The number of rotatable bonds is 6. The Kier molecular flexibility index (Phi) is 13.0. The Morgan fingerprint density at radius 3 is 1.20 bits per heavy atom. The molecule has 0 heterocycles. The van der Waals surface area contributed by atoms with Crippen LogP contribution >= 0.6 is 0 Å². The van der Waals surface area contributed by atoms with E-state index < -0.39 is 10.4 Å². The molecule has 0 spiro atoms. The zero-order valence-electron chi connectivity index (χ0n) is 13.6. The lowest BCUT2D eigenvalue weighted by atomic mass is 10.3. The van der Waals surface area contributed by atoms with Gasteiger partial charge in [-0.25, -0.2) is 0 Å². The van der Waals surface area contributed by atoms with Crippen LogP contribution in [0.25, 0.3) is 0 Å². The highest BCUT2D eigenvalue weighted by Crippen LogP contribution is 2.03. The van der Waals surface area contributed by atoms with Gasteiger partial charge in [-0.15, -0.1) is 0 Å². The quantitative estimate of drug-likeness (QED) is 0.420. The van der Waals surface area contributed by atoms with Gasteiger partial charge in [0.15, 0.2) is 0 Å². The average molecular weight is 372 g/mol. The maximum absolute atomic E-state index is 8.74. The summed E-state index contributed by atoms with van der Waals surface area (Å²) in [6, 6.07) is 19.6. The highest BCUT2D eigenvalue weighted by Gasteiger charge is 1.86. The first-order valence-electron chi connectivity index (χ1n) is 7.36. The van der Waals surface area contributed by atoms with E-state index in [1.54, 1.807) is 0 Å². The van der Waals surface area contributed by atoms with Gasteiger partial charge in [-0.2, -0.15) is 8.42 Å². The lowest BCUT2D eigenvalue weighted by molar-refractivity contribution is 0.311. The number of hydrogen-bond acceptors (Lipinski definition) is 6. The van der Waals surface area contributed by atoms with Crippen molar-refractivity contribution in [3.8, 4) is 0 Å². The smallest absolute Gasteiger partial charge is 0.394 e. The normalized spacial score (nSPS) is 9.76. The van der Waals surface area contributed by atoms with E-state index in [1.807, 2.05) is 60.7 Å². The van der Waals surface area contributed by atoms with Crippen LogP contribution in [-0.2, 0) is 10.4 Å². The summed E-state index contributed by atoms with van der Waals surface area (Å²) >= 11 is 0. The number of aliphatic hydroxyl groups is 2. The van der Waals surface area contributed by atoms with Crippen molar-refractivity contribution in [3.05, 3.63) is 60.7 Å². The van der Waals surface area contributed by atoms with Crippen LogP contribution in [0, 0.1) is 0 Å². The number of aliphatic hydroxyl groups excluding tert-OH is 2. The molecule has 0 saturated heterocycles. The minimum absolute atomic E-state index is 0.175. The number of para-hydroxylation sites is 2. The van der Waals surface area contributed by atoms with Gasteiger partial charge in [0.2, 0.25) is 0 Å². The van der Waals surface area contributed by atoms with Crippen LogP contribution < -0.4 is 10.6 Å². The van der Waals surface area contributed by atoms with E-state index in [1.165, 1.54) is 0 Å². The first-order chi connectivity index (χ1) is 11.9. The van der Waals surface area contributed by atoms with Crippen LogP contribution in [0.5, 0.6) is 0 Å². The van der Waals surface area contributed by atoms with Crippen molar-refractivity contribution < 1.29 is 27.7 Å². The summed E-state index contributed by atoms with van der Waals surface area (Å²) in [5.74, 6) is 0. The lowest BCUT2D eigenvalue weighted by Gasteiger charge is -2.01. The van der Waals surface area contributed by atoms with E-state index in [-0.39, 0.29) is 13.2 Å². The van der Waals surface area contributed by atoms with Crippen LogP contribution in [-0.4, -0.2) is 54.0 Å². The predicted molar refractivity (Wildman–Crippen MR) is 98.2 cm³/mol. The third-order valence-corrected chi connectivity index (χ3v) is 2.43. The van der Waals surface area contributed by atoms with Crippen molar-refractivity contribution in [1.29, 1.82) is 0 Å². The van der Waals surface area contributed by atoms with Gasteiger partial charge >= 0.3 is 10.4 Å². The Morgan fingerprint density at radius 1 is 0.680 bits per heavy atom. The fourth-order valence-corrected chi connectivity index (χ4v) is 1.51. The molecule has 6 N–H and O–H groups in total. The molecule has 0 amide bonds. The van der Waals surface area contributed by atoms with Crippen molar-refractivity contribution >= 4 is 21.8 Å². The van der Waals surface area contributed by atoms with Gasteiger partial charge in [-0.3, -0.25) is 9.11 Å². The molecule has 140 valence electrons. The molecule has 25 heavy (non-hydrogen) atoms. The molecule has 0 bridgehead atoms. The van der Waals surface area contributed by atoms with Gasteiger partial charge < -0.3 is 20.8 Å². The largest absolute Gasteiger partial charge is 0.395 e. The Balaban J connectivity index is 0.000000368. The van der Waals surface area contributed by atoms with Gasteiger partial charge in [-0.05, 0) is 24.3 Å². The summed E-state index contributed by atoms with van der Waals surface area (Å²) < 4.78 is 31.6. The minimum Gasteiger partial charge on any atom is -0.395 e. The molecule has 9 heteroatoms. The van der Waals surface area contributed by atoms with Crippen LogP contribution in [0.4, 0.5) is 11.4 Å². The third-order valence-electron chi connectivity index (χ3n) is 2.43. The molecule has 8 nitrogen and oxygen atoms in total. The molecule has 0 unspecified atom stereocenters. The third kappa shape index (κ3) is 18.0. The van der Waals surface area contributed by atoms with Crippen molar-refractivity contribution in [2.75, 3.05) is 36.9 Å². The van der Waals surface area contributed by atoms with E-state index in [2.05, 4.69) is 10.6 Å². The molecule has 0 radical (unpaired) electrons. The zero-order chi connectivity index (χ0) is 19.0. The van der Waals surface area contributed by atoms with E-state index in [9.17, 15) is 0 Å². The van der Waals surface area contributed by atoms with Gasteiger partial charge in [0.1, 0.15) is 0 Å². The SMILES string of the molecule is O=S(=O)(O)O.OCCNc1ccccc1.OCCNc1ccccc1. The molecule has 2 rings (SSSR count). The number of hydrogen-bond donors (Lipinski definition) is 6. The molecule has 2 aromatic carbocycles. The summed E-state index contributed by atoms with van der Waals surface area (Å²) in [6.07, 6.45) is 0. The fraction of sp³-hybridized carbons (Fsp3) is 0.250. The Morgan fingerprint density at radius 2 is 0.960 bits per heavy atom. The molecule has 0 aromatic heterocycles. The molecular formula is C16H24N2O6S. The zero-order valence-corrected chi connectivity index (χ0v) is 14.4. The van der Waals surface area contributed by atoms with Crippen molar-refractivity contribution in [1.82, 2.24) is 0 Å². The summed E-state index contributed by atoms with van der Waals surface area (Å²) in [5.41, 5.74) is 2.10. The maximum Gasteiger partial charge on any atom is 0.394 e. The first-order valence-corrected chi connectivity index (χ1v) is 8.76. The van der Waals surface area contributed by atoms with Crippen molar-refractivity contribution in [2.24, 2.45) is 0 Å². The van der Waals surface area contributed by atoms with Crippen LogP contribution in [0.3, 0.4) is 0 Å². The van der Waals surface area contributed by atoms with Crippen molar-refractivity contribution in [2.45, 2.75) is 0 Å². The number of nitrogens with one attached hydrogen (secondary N) is 2. The second-order valence-electron chi connectivity index (χ2n) is 4.48. The van der Waals surface area contributed by atoms with Gasteiger partial charge in [-0.1, -0.05) is 36.4 Å². The molecule has 2 aromatic rings. The Hall–Kier alpha value is -2.17. The molecule has 0 fully saturated rings. The second-order valence-corrected chi connectivity index (χ2v) is 5.38. The average Bonchev–Trinajstić information content (AvgIpc) is 2.59. The topological polar surface area (TPSA) is 139 Å². The number of benzene rings is 2. The summed E-state index contributed by atoms with van der Waals surface area (Å²) in [5, 5.41) is 23.0. The second kappa shape index (κ2) is 14.2. The van der Waals surface area contributed by atoms with E-state index in [0.717, 1.165) is 11.4 Å². The maximum atomic E-state index is 8.74. The molecule has 0 aliphatic rings. The first kappa shape index (κ1) is 22.8. The Labute approximate surface area is 147 Å². The molecule has 0 aliphatic carbocycles. The summed E-state index contributed by atoms with van der Waals surface area (Å²) in [7, 11) is -4.67. The highest BCUT2D eigenvalue weighted by atomic mass is 32.3. The number of anilines is 2. The van der Waals surface area contributed by atoms with Crippen LogP contribution in [0.2, 0.25) is 0 Å².